The summed E-state index contributed by atoms with van der Waals surface area (Å²) in [5.74, 6) is 0.0301. The minimum absolute atomic E-state index is 0.0141. The van der Waals surface area contributed by atoms with Crippen LogP contribution in [0.25, 0.3) is 22.4 Å². The van der Waals surface area contributed by atoms with Crippen LogP contribution in [0.15, 0.2) is 41.7 Å². The van der Waals surface area contributed by atoms with Crippen LogP contribution in [-0.4, -0.2) is 61.9 Å². The van der Waals surface area contributed by atoms with Gasteiger partial charge >= 0.3 is 0 Å². The quantitative estimate of drug-likeness (QED) is 0.459. The fourth-order valence-electron chi connectivity index (χ4n) is 5.55. The first kappa shape index (κ1) is 23.5. The van der Waals surface area contributed by atoms with Crippen LogP contribution in [0.1, 0.15) is 38.5 Å². The van der Waals surface area contributed by atoms with Gasteiger partial charge in [-0.25, -0.2) is 18.7 Å². The van der Waals surface area contributed by atoms with Gasteiger partial charge < -0.3 is 15.3 Å². The maximum Gasteiger partial charge on any atom is 0.245 e. The fraction of sp³-hybridized carbons (Fsp3) is 0.462. The Bertz CT molecular complexity index is 1260. The second-order valence-electron chi connectivity index (χ2n) is 9.88. The lowest BCUT2D eigenvalue weighted by Crippen LogP contribution is -2.62. The van der Waals surface area contributed by atoms with E-state index in [1.165, 1.54) is 17.8 Å². The molecule has 7 nitrogen and oxygen atoms in total. The predicted octanol–water partition coefficient (Wildman–Crippen LogP) is 4.76. The molecule has 0 amide bonds. The number of anilines is 1. The number of aromatic hydroxyl groups is 1. The second kappa shape index (κ2) is 9.55. The second-order valence-corrected chi connectivity index (χ2v) is 10.7. The van der Waals surface area contributed by atoms with Crippen LogP contribution in [-0.2, 0) is 0 Å². The Morgan fingerprint density at radius 1 is 1.06 bits per heavy atom. The summed E-state index contributed by atoms with van der Waals surface area (Å²) in [4.78, 5) is 10.7. The van der Waals surface area contributed by atoms with Crippen molar-refractivity contribution >= 4 is 17.7 Å². The van der Waals surface area contributed by atoms with Crippen molar-refractivity contribution in [3.05, 3.63) is 42.5 Å². The molecule has 3 aliphatic rings. The van der Waals surface area contributed by atoms with E-state index in [2.05, 4.69) is 30.4 Å². The molecule has 1 saturated carbocycles. The Labute approximate surface area is 212 Å². The average molecular weight is 511 g/mol. The number of thioether (sulfide) groups is 1. The number of rotatable bonds is 6. The lowest BCUT2D eigenvalue weighted by molar-refractivity contribution is 0.103. The molecule has 2 N–H and O–H groups in total. The molecule has 6 rings (SSSR count). The van der Waals surface area contributed by atoms with Gasteiger partial charge in [0.25, 0.3) is 0 Å². The van der Waals surface area contributed by atoms with E-state index in [4.69, 9.17) is 0 Å². The summed E-state index contributed by atoms with van der Waals surface area (Å²) >= 11 is 1.24. The van der Waals surface area contributed by atoms with Crippen molar-refractivity contribution in [2.45, 2.75) is 73.9 Å². The average Bonchev–Trinajstić information content (AvgIpc) is 3.73. The molecule has 2 saturated heterocycles. The van der Waals surface area contributed by atoms with Crippen LogP contribution in [0.3, 0.4) is 0 Å². The Kier molecular flexibility index (Phi) is 6.25. The molecule has 0 unspecified atom stereocenters. The molecule has 36 heavy (non-hydrogen) atoms. The molecule has 0 radical (unpaired) electrons. The third-order valence-electron chi connectivity index (χ3n) is 7.48. The summed E-state index contributed by atoms with van der Waals surface area (Å²) in [6, 6.07) is 6.68. The Morgan fingerprint density at radius 2 is 1.92 bits per heavy atom. The zero-order valence-corrected chi connectivity index (χ0v) is 20.8. The molecular formula is C26H28F2N6OS. The molecule has 1 aromatic carbocycles. The lowest BCUT2D eigenvalue weighted by Gasteiger charge is -2.46. The smallest absolute Gasteiger partial charge is 0.245 e. The number of hydrogen-bond donors (Lipinski definition) is 2. The van der Waals surface area contributed by atoms with E-state index in [0.717, 1.165) is 38.5 Å². The molecule has 10 heteroatoms. The van der Waals surface area contributed by atoms with E-state index in [0.29, 0.717) is 39.4 Å². The topological polar surface area (TPSA) is 87.1 Å². The number of phenols is 1. The zero-order valence-electron chi connectivity index (χ0n) is 19.9. The van der Waals surface area contributed by atoms with Gasteiger partial charge in [0.05, 0.1) is 12.2 Å². The molecule has 2 bridgehead atoms. The van der Waals surface area contributed by atoms with Gasteiger partial charge in [0.2, 0.25) is 5.95 Å². The minimum Gasteiger partial charge on any atom is -0.507 e. The standard InChI is InChI=1S/C26H28F2N6OS/c1-36-25-19(27)9-15(12-29-25)14-5-8-18(23(35)10-14)21-13-30-26(33-32-21)34(17-6-7-17)22-11-16-3-2-4-20(31-16)24(22)28/h5,8-10,12-13,16-17,20,22,24,31,35H,2-4,6-7,11H2,1H3/t16-,20-,22+,24-/m0/s1. The van der Waals surface area contributed by atoms with Gasteiger partial charge in [-0.05, 0) is 62.1 Å². The van der Waals surface area contributed by atoms with E-state index >= 15 is 4.39 Å². The Morgan fingerprint density at radius 3 is 2.61 bits per heavy atom. The van der Waals surface area contributed by atoms with Gasteiger partial charge in [0.15, 0.2) is 5.82 Å². The van der Waals surface area contributed by atoms with E-state index < -0.39 is 12.0 Å². The van der Waals surface area contributed by atoms with E-state index in [1.807, 2.05) is 0 Å². The first-order valence-corrected chi connectivity index (χ1v) is 13.7. The number of piperidine rings is 2. The number of nitrogens with one attached hydrogen (secondary N) is 1. The van der Waals surface area contributed by atoms with Crippen LogP contribution in [0.2, 0.25) is 0 Å². The van der Waals surface area contributed by atoms with Gasteiger partial charge in [0.1, 0.15) is 22.6 Å². The highest BCUT2D eigenvalue weighted by Crippen LogP contribution is 2.39. The lowest BCUT2D eigenvalue weighted by atomic mass is 9.82. The van der Waals surface area contributed by atoms with Crippen molar-refractivity contribution in [2.24, 2.45) is 0 Å². The van der Waals surface area contributed by atoms with Gasteiger partial charge in [-0.15, -0.1) is 22.0 Å². The molecule has 2 aliphatic heterocycles. The number of pyridine rings is 1. The summed E-state index contributed by atoms with van der Waals surface area (Å²) in [7, 11) is 0. The third-order valence-corrected chi connectivity index (χ3v) is 8.17. The maximum atomic E-state index is 15.4. The number of hydrogen-bond acceptors (Lipinski definition) is 8. The van der Waals surface area contributed by atoms with Crippen molar-refractivity contribution in [1.82, 2.24) is 25.5 Å². The molecule has 188 valence electrons. The third kappa shape index (κ3) is 4.41. The molecule has 4 atom stereocenters. The summed E-state index contributed by atoms with van der Waals surface area (Å²) in [5, 5.41) is 23.2. The number of phenolic OH excluding ortho intramolecular Hbond substituents is 1. The van der Waals surface area contributed by atoms with Crippen molar-refractivity contribution in [3.8, 4) is 28.1 Å². The number of aromatic nitrogens is 4. The van der Waals surface area contributed by atoms with Crippen LogP contribution in [0, 0.1) is 5.82 Å². The van der Waals surface area contributed by atoms with Crippen molar-refractivity contribution < 1.29 is 13.9 Å². The van der Waals surface area contributed by atoms with E-state index in [1.54, 1.807) is 36.8 Å². The fourth-order valence-corrected chi connectivity index (χ4v) is 5.97. The van der Waals surface area contributed by atoms with Crippen LogP contribution >= 0.6 is 11.8 Å². The zero-order chi connectivity index (χ0) is 24.8. The number of alkyl halides is 1. The normalized spacial score (nSPS) is 25.5. The number of fused-ring (bicyclic) bond motifs is 2. The van der Waals surface area contributed by atoms with Gasteiger partial charge in [-0.2, -0.15) is 0 Å². The van der Waals surface area contributed by atoms with Crippen molar-refractivity contribution in [1.29, 1.82) is 0 Å². The number of benzene rings is 1. The molecule has 3 aromatic rings. The van der Waals surface area contributed by atoms with Crippen LogP contribution in [0.4, 0.5) is 14.7 Å². The first-order chi connectivity index (χ1) is 17.5. The van der Waals surface area contributed by atoms with E-state index in [9.17, 15) is 9.50 Å². The van der Waals surface area contributed by atoms with Crippen LogP contribution < -0.4 is 10.2 Å². The van der Waals surface area contributed by atoms with Gasteiger partial charge in [-0.1, -0.05) is 12.5 Å². The largest absolute Gasteiger partial charge is 0.507 e. The summed E-state index contributed by atoms with van der Waals surface area (Å²) < 4.78 is 29.6. The molecule has 1 aliphatic carbocycles. The SMILES string of the molecule is CSc1ncc(-c2ccc(-c3cnc(N(C4CC4)[C@@H]4C[C@@H]5CCC[C@H](N5)[C@@H]4F)nn3)c(O)c2)cc1F. The Balaban J connectivity index is 1.25. The maximum absolute atomic E-state index is 15.4. The highest BCUT2D eigenvalue weighted by Gasteiger charge is 2.47. The summed E-state index contributed by atoms with van der Waals surface area (Å²) in [6.45, 7) is 0. The minimum atomic E-state index is -0.966. The number of halogens is 2. The summed E-state index contributed by atoms with van der Waals surface area (Å²) in [6.07, 6.45) is 9.74. The van der Waals surface area contributed by atoms with E-state index in [-0.39, 0.29) is 23.9 Å². The first-order valence-electron chi connectivity index (χ1n) is 12.4. The monoisotopic (exact) mass is 510 g/mol. The summed E-state index contributed by atoms with van der Waals surface area (Å²) in [5.41, 5.74) is 2.09. The van der Waals surface area contributed by atoms with Crippen molar-refractivity contribution in [3.63, 3.8) is 0 Å². The molecule has 2 aromatic heterocycles. The highest BCUT2D eigenvalue weighted by molar-refractivity contribution is 7.98. The number of nitrogens with zero attached hydrogens (tertiary/aromatic N) is 5. The van der Waals surface area contributed by atoms with Crippen molar-refractivity contribution in [2.75, 3.05) is 11.2 Å². The highest BCUT2D eigenvalue weighted by atomic mass is 32.2. The van der Waals surface area contributed by atoms with Gasteiger partial charge in [0, 0.05) is 35.4 Å². The van der Waals surface area contributed by atoms with Crippen LogP contribution in [0.5, 0.6) is 5.75 Å². The predicted molar refractivity (Wildman–Crippen MR) is 135 cm³/mol. The molecule has 3 fully saturated rings. The molecular weight excluding hydrogens is 482 g/mol. The van der Waals surface area contributed by atoms with Gasteiger partial charge in [-0.3, -0.25) is 0 Å². The Hall–Kier alpha value is -2.85. The molecule has 0 spiro atoms. The molecule has 4 heterocycles.